The molecule has 0 radical (unpaired) electrons. The fraction of sp³-hybridized carbons (Fsp3) is 0.167. The number of carbonyl (C=O) groups excluding carboxylic acids is 1. The SMILES string of the molecule is Cc1cc(/C=N/NC(=O)c2cc(C3CC=C(Cl)C=C3Cl)ns2)ccc1O. The first-order valence-electron chi connectivity index (χ1n) is 7.76. The summed E-state index contributed by atoms with van der Waals surface area (Å²) >= 11 is 13.3. The van der Waals surface area contributed by atoms with Crippen LogP contribution in [0, 0.1) is 6.92 Å². The lowest BCUT2D eigenvalue weighted by atomic mass is 9.97. The topological polar surface area (TPSA) is 74.6 Å². The molecule has 0 saturated heterocycles. The molecule has 0 aliphatic heterocycles. The van der Waals surface area contributed by atoms with Crippen LogP contribution in [0.4, 0.5) is 0 Å². The highest BCUT2D eigenvalue weighted by Gasteiger charge is 2.22. The molecule has 5 nitrogen and oxygen atoms in total. The number of benzene rings is 1. The lowest BCUT2D eigenvalue weighted by Gasteiger charge is -2.15. The average Bonchev–Trinajstić information content (AvgIpc) is 3.08. The Labute approximate surface area is 164 Å². The van der Waals surface area contributed by atoms with Gasteiger partial charge in [0.15, 0.2) is 0 Å². The number of hydrogen-bond donors (Lipinski definition) is 2. The van der Waals surface area contributed by atoms with E-state index in [9.17, 15) is 9.90 Å². The molecule has 134 valence electrons. The van der Waals surface area contributed by atoms with E-state index < -0.39 is 0 Å². The number of phenolic OH excluding ortho intramolecular Hbond substituents is 1. The summed E-state index contributed by atoms with van der Waals surface area (Å²) in [5.41, 5.74) is 4.72. The molecule has 26 heavy (non-hydrogen) atoms. The van der Waals surface area contributed by atoms with Crippen LogP contribution >= 0.6 is 34.7 Å². The van der Waals surface area contributed by atoms with Gasteiger partial charge in [-0.2, -0.15) is 9.47 Å². The van der Waals surface area contributed by atoms with Crippen LogP contribution in [0.1, 0.15) is 38.8 Å². The van der Waals surface area contributed by atoms with Gasteiger partial charge >= 0.3 is 0 Å². The number of aryl methyl sites for hydroxylation is 1. The Bertz CT molecular complexity index is 934. The number of nitrogens with one attached hydrogen (secondary N) is 1. The number of nitrogens with zero attached hydrogens (tertiary/aromatic N) is 2. The minimum Gasteiger partial charge on any atom is -0.508 e. The third kappa shape index (κ3) is 4.33. The quantitative estimate of drug-likeness (QED) is 0.571. The number of aromatic hydroxyl groups is 1. The third-order valence-electron chi connectivity index (χ3n) is 3.87. The van der Waals surface area contributed by atoms with Gasteiger partial charge in [-0.15, -0.1) is 0 Å². The number of carbonyl (C=O) groups is 1. The summed E-state index contributed by atoms with van der Waals surface area (Å²) in [5.74, 6) is -0.208. The first-order valence-corrected chi connectivity index (χ1v) is 9.29. The van der Waals surface area contributed by atoms with Crippen LogP contribution in [0.25, 0.3) is 0 Å². The molecular weight excluding hydrogens is 393 g/mol. The predicted molar refractivity (Wildman–Crippen MR) is 105 cm³/mol. The standard InChI is InChI=1S/C18H15Cl2N3O2S/c1-10-6-11(2-5-16(10)24)9-21-22-18(25)17-8-15(23-26-17)13-4-3-12(19)7-14(13)20/h2-3,5-9,13,24H,4H2,1H3,(H,22,25)/b21-9+. The Morgan fingerprint density at radius 1 is 1.42 bits per heavy atom. The number of phenols is 1. The normalized spacial score (nSPS) is 17.1. The van der Waals surface area contributed by atoms with Crippen LogP contribution in [-0.2, 0) is 0 Å². The minimum atomic E-state index is -0.343. The summed E-state index contributed by atoms with van der Waals surface area (Å²) in [6.07, 6.45) is 5.73. The predicted octanol–water partition coefficient (Wildman–Crippen LogP) is 4.65. The second kappa shape index (κ2) is 8.03. The second-order valence-corrected chi connectivity index (χ2v) is 7.45. The Kier molecular flexibility index (Phi) is 5.76. The van der Waals surface area contributed by atoms with Gasteiger partial charge in [0.05, 0.1) is 11.9 Å². The van der Waals surface area contributed by atoms with Crippen molar-refractivity contribution in [3.05, 3.63) is 68.2 Å². The van der Waals surface area contributed by atoms with Crippen molar-refractivity contribution in [2.24, 2.45) is 5.10 Å². The lowest BCUT2D eigenvalue weighted by Crippen LogP contribution is -2.16. The number of amides is 1. The molecule has 1 aromatic heterocycles. The van der Waals surface area contributed by atoms with Gasteiger partial charge in [-0.1, -0.05) is 29.3 Å². The van der Waals surface area contributed by atoms with Crippen LogP contribution in [0.2, 0.25) is 0 Å². The number of hydrazone groups is 1. The van der Waals surface area contributed by atoms with Crippen LogP contribution < -0.4 is 5.43 Å². The van der Waals surface area contributed by atoms with Gasteiger partial charge in [-0.3, -0.25) is 4.79 Å². The van der Waals surface area contributed by atoms with Gasteiger partial charge in [-0.05, 0) is 66.3 Å². The summed E-state index contributed by atoms with van der Waals surface area (Å²) < 4.78 is 4.33. The molecule has 0 fully saturated rings. The van der Waals surface area contributed by atoms with Crippen molar-refractivity contribution in [3.63, 3.8) is 0 Å². The number of aromatic nitrogens is 1. The highest BCUT2D eigenvalue weighted by atomic mass is 35.5. The fourth-order valence-corrected chi connectivity index (χ4v) is 3.70. The van der Waals surface area contributed by atoms with E-state index in [0.29, 0.717) is 21.4 Å². The van der Waals surface area contributed by atoms with Gasteiger partial charge < -0.3 is 5.11 Å². The molecule has 1 amide bonds. The second-order valence-electron chi connectivity index (χ2n) is 5.77. The molecule has 0 spiro atoms. The lowest BCUT2D eigenvalue weighted by molar-refractivity contribution is 0.0959. The Morgan fingerprint density at radius 3 is 2.96 bits per heavy atom. The van der Waals surface area contributed by atoms with Crippen LogP contribution in [0.15, 0.2) is 51.6 Å². The number of allylic oxidation sites excluding steroid dienone is 4. The summed E-state index contributed by atoms with van der Waals surface area (Å²) in [5, 5.41) is 14.7. The van der Waals surface area contributed by atoms with Crippen molar-refractivity contribution in [1.82, 2.24) is 9.80 Å². The summed E-state index contributed by atoms with van der Waals surface area (Å²) in [7, 11) is 0. The summed E-state index contributed by atoms with van der Waals surface area (Å²) in [6.45, 7) is 1.79. The van der Waals surface area contributed by atoms with E-state index in [-0.39, 0.29) is 17.6 Å². The molecule has 1 aliphatic rings. The number of halogens is 2. The van der Waals surface area contributed by atoms with E-state index in [2.05, 4.69) is 14.9 Å². The molecule has 2 N–H and O–H groups in total. The van der Waals surface area contributed by atoms with Gasteiger partial charge in [0.25, 0.3) is 5.91 Å². The fourth-order valence-electron chi connectivity index (χ4n) is 2.44. The molecular formula is C18H15Cl2N3O2S. The van der Waals surface area contributed by atoms with E-state index in [0.717, 1.165) is 28.4 Å². The Hall–Kier alpha value is -2.15. The molecule has 3 rings (SSSR count). The van der Waals surface area contributed by atoms with Gasteiger partial charge in [-0.25, -0.2) is 5.43 Å². The smallest absolute Gasteiger partial charge is 0.283 e. The molecule has 1 unspecified atom stereocenters. The molecule has 1 aromatic carbocycles. The zero-order valence-corrected chi connectivity index (χ0v) is 16.1. The van der Waals surface area contributed by atoms with E-state index in [1.54, 1.807) is 37.3 Å². The maximum Gasteiger partial charge on any atom is 0.283 e. The van der Waals surface area contributed by atoms with Gasteiger partial charge in [0.1, 0.15) is 10.6 Å². The highest BCUT2D eigenvalue weighted by Crippen LogP contribution is 2.36. The largest absolute Gasteiger partial charge is 0.508 e. The maximum atomic E-state index is 12.2. The van der Waals surface area contributed by atoms with E-state index >= 15 is 0 Å². The van der Waals surface area contributed by atoms with Crippen molar-refractivity contribution in [2.75, 3.05) is 0 Å². The van der Waals surface area contributed by atoms with Crippen LogP contribution in [-0.4, -0.2) is 21.6 Å². The first-order chi connectivity index (χ1) is 12.4. The maximum absolute atomic E-state index is 12.2. The monoisotopic (exact) mass is 407 g/mol. The molecule has 0 bridgehead atoms. The van der Waals surface area contributed by atoms with Crippen molar-refractivity contribution in [1.29, 1.82) is 0 Å². The van der Waals surface area contributed by atoms with Crippen molar-refractivity contribution >= 4 is 46.9 Å². The van der Waals surface area contributed by atoms with Crippen molar-refractivity contribution in [2.45, 2.75) is 19.3 Å². The summed E-state index contributed by atoms with van der Waals surface area (Å²) in [6, 6.07) is 6.77. The highest BCUT2D eigenvalue weighted by molar-refractivity contribution is 7.08. The molecule has 2 aromatic rings. The molecule has 1 atom stereocenters. The molecule has 0 saturated carbocycles. The molecule has 1 aliphatic carbocycles. The third-order valence-corrected chi connectivity index (χ3v) is 5.30. The zero-order chi connectivity index (χ0) is 18.7. The van der Waals surface area contributed by atoms with E-state index in [1.807, 2.05) is 6.08 Å². The summed E-state index contributed by atoms with van der Waals surface area (Å²) in [4.78, 5) is 12.7. The van der Waals surface area contributed by atoms with Crippen molar-refractivity contribution in [3.8, 4) is 5.75 Å². The van der Waals surface area contributed by atoms with Gasteiger partial charge in [0.2, 0.25) is 0 Å². The minimum absolute atomic E-state index is 0.0829. The molecule has 8 heteroatoms. The van der Waals surface area contributed by atoms with E-state index in [1.165, 1.54) is 6.21 Å². The zero-order valence-electron chi connectivity index (χ0n) is 13.7. The average molecular weight is 408 g/mol. The van der Waals surface area contributed by atoms with Crippen molar-refractivity contribution < 1.29 is 9.90 Å². The van der Waals surface area contributed by atoms with E-state index in [4.69, 9.17) is 23.2 Å². The van der Waals surface area contributed by atoms with Crippen LogP contribution in [0.5, 0.6) is 5.75 Å². The van der Waals surface area contributed by atoms with Gasteiger partial charge in [0, 0.05) is 16.0 Å². The van der Waals surface area contributed by atoms with Crippen LogP contribution in [0.3, 0.4) is 0 Å². The first kappa shape index (κ1) is 18.6. The Morgan fingerprint density at radius 2 is 2.23 bits per heavy atom. The number of rotatable bonds is 4. The Balaban J connectivity index is 1.64. The number of hydrogen-bond acceptors (Lipinski definition) is 5. The molecule has 1 heterocycles.